The van der Waals surface area contributed by atoms with Gasteiger partial charge in [-0.3, -0.25) is 9.25 Å². The smallest absolute Gasteiger partial charge is 0.408 e. The number of hydrogen-bond acceptors (Lipinski definition) is 4. The maximum atomic E-state index is 13.3. The van der Waals surface area contributed by atoms with E-state index in [1.165, 1.54) is 35.3 Å². The van der Waals surface area contributed by atoms with Crippen LogP contribution < -0.4 is 0 Å². The molecule has 2 N–H and O–H groups in total. The van der Waals surface area contributed by atoms with Gasteiger partial charge in [0.05, 0.1) is 28.5 Å². The molecule has 0 unspecified atom stereocenters. The number of halogens is 4. The van der Waals surface area contributed by atoms with Gasteiger partial charge < -0.3 is 10.2 Å². The molecule has 0 aliphatic carbocycles. The van der Waals surface area contributed by atoms with Crippen LogP contribution in [0.2, 0.25) is 0 Å². The molecule has 29 heavy (non-hydrogen) atoms. The van der Waals surface area contributed by atoms with Crippen molar-refractivity contribution in [3.63, 3.8) is 0 Å². The first-order valence-corrected chi connectivity index (χ1v) is 8.42. The van der Waals surface area contributed by atoms with Crippen LogP contribution in [0.25, 0.3) is 27.8 Å². The van der Waals surface area contributed by atoms with E-state index in [1.807, 2.05) is 0 Å². The van der Waals surface area contributed by atoms with Crippen LogP contribution in [0.5, 0.6) is 11.6 Å². The molecular weight excluding hydrogens is 392 g/mol. The van der Waals surface area contributed by atoms with Gasteiger partial charge in [-0.15, -0.1) is 0 Å². The van der Waals surface area contributed by atoms with E-state index >= 15 is 0 Å². The predicted octanol–water partition coefficient (Wildman–Crippen LogP) is 4.31. The second-order valence-corrected chi connectivity index (χ2v) is 6.58. The van der Waals surface area contributed by atoms with Gasteiger partial charge in [0, 0.05) is 18.0 Å². The number of aryl methyl sites for hydroxylation is 1. The monoisotopic (exact) mass is 406 g/mol. The number of phenolic OH excluding ortho intramolecular Hbond substituents is 1. The second-order valence-electron chi connectivity index (χ2n) is 6.58. The van der Waals surface area contributed by atoms with Crippen LogP contribution in [-0.2, 0) is 6.54 Å². The summed E-state index contributed by atoms with van der Waals surface area (Å²) in [5.41, 5.74) is 2.18. The Morgan fingerprint density at radius 1 is 1.10 bits per heavy atom. The molecule has 0 fully saturated rings. The molecule has 0 aliphatic rings. The van der Waals surface area contributed by atoms with Gasteiger partial charge in [-0.1, -0.05) is 0 Å². The van der Waals surface area contributed by atoms with E-state index in [-0.39, 0.29) is 11.6 Å². The number of benzene rings is 1. The van der Waals surface area contributed by atoms with E-state index in [9.17, 15) is 27.8 Å². The van der Waals surface area contributed by atoms with E-state index in [0.717, 1.165) is 10.7 Å². The van der Waals surface area contributed by atoms with Gasteiger partial charge in [-0.25, -0.2) is 9.37 Å². The zero-order valence-corrected chi connectivity index (χ0v) is 14.9. The number of hydrogen-bond donors (Lipinski definition) is 2. The van der Waals surface area contributed by atoms with Crippen LogP contribution in [0.3, 0.4) is 0 Å². The first-order chi connectivity index (χ1) is 13.6. The Balaban J connectivity index is 1.79. The van der Waals surface area contributed by atoms with E-state index in [1.54, 1.807) is 13.0 Å². The Morgan fingerprint density at radius 3 is 2.55 bits per heavy atom. The van der Waals surface area contributed by atoms with E-state index in [4.69, 9.17) is 0 Å². The Hall–Kier alpha value is -3.56. The van der Waals surface area contributed by atoms with Gasteiger partial charge in [0.25, 0.3) is 0 Å². The van der Waals surface area contributed by atoms with Gasteiger partial charge in [0.1, 0.15) is 6.54 Å². The van der Waals surface area contributed by atoms with Crippen molar-refractivity contribution >= 4 is 10.9 Å². The van der Waals surface area contributed by atoms with Crippen molar-refractivity contribution in [2.75, 3.05) is 0 Å². The van der Waals surface area contributed by atoms with Crippen LogP contribution in [0.1, 0.15) is 5.56 Å². The SMILES string of the molecule is Cc1cc(-c2ccc(F)c(O)c2)nc2cn(-c3cnn(CC(F)(F)F)c3)c(O)c12. The third-order valence-corrected chi connectivity index (χ3v) is 4.43. The highest BCUT2D eigenvalue weighted by Gasteiger charge is 2.28. The lowest BCUT2D eigenvalue weighted by Gasteiger charge is -2.06. The summed E-state index contributed by atoms with van der Waals surface area (Å²) in [7, 11) is 0. The van der Waals surface area contributed by atoms with E-state index in [0.29, 0.717) is 27.7 Å². The number of fused-ring (bicyclic) bond motifs is 1. The summed E-state index contributed by atoms with van der Waals surface area (Å²) >= 11 is 0. The summed E-state index contributed by atoms with van der Waals surface area (Å²) < 4.78 is 53.0. The van der Waals surface area contributed by atoms with Crippen LogP contribution >= 0.6 is 0 Å². The molecule has 0 saturated heterocycles. The first kappa shape index (κ1) is 18.8. The second kappa shape index (κ2) is 6.50. The average molecular weight is 406 g/mol. The average Bonchev–Trinajstić information content (AvgIpc) is 3.20. The van der Waals surface area contributed by atoms with Crippen molar-refractivity contribution in [2.24, 2.45) is 0 Å². The zero-order chi connectivity index (χ0) is 20.9. The summed E-state index contributed by atoms with van der Waals surface area (Å²) in [6, 6.07) is 5.47. The summed E-state index contributed by atoms with van der Waals surface area (Å²) in [6.45, 7) is 0.484. The van der Waals surface area contributed by atoms with Gasteiger partial charge >= 0.3 is 6.18 Å². The number of rotatable bonds is 3. The number of aromatic hydroxyl groups is 2. The molecule has 10 heteroatoms. The lowest BCUT2D eigenvalue weighted by atomic mass is 10.1. The highest BCUT2D eigenvalue weighted by atomic mass is 19.4. The quantitative estimate of drug-likeness (QED) is 0.497. The van der Waals surface area contributed by atoms with Crippen molar-refractivity contribution in [3.05, 3.63) is 54.2 Å². The molecule has 3 aromatic heterocycles. The van der Waals surface area contributed by atoms with Gasteiger partial charge in [0.15, 0.2) is 11.6 Å². The van der Waals surface area contributed by atoms with Crippen LogP contribution in [0, 0.1) is 12.7 Å². The number of nitrogens with zero attached hydrogens (tertiary/aromatic N) is 4. The summed E-state index contributed by atoms with van der Waals surface area (Å²) in [4.78, 5) is 4.43. The first-order valence-electron chi connectivity index (χ1n) is 8.42. The Labute approximate surface area is 161 Å². The zero-order valence-electron chi connectivity index (χ0n) is 14.9. The predicted molar refractivity (Wildman–Crippen MR) is 96.4 cm³/mol. The highest BCUT2D eigenvalue weighted by molar-refractivity contribution is 5.90. The lowest BCUT2D eigenvalue weighted by molar-refractivity contribution is -0.142. The Bertz CT molecular complexity index is 1230. The van der Waals surface area contributed by atoms with Crippen molar-refractivity contribution in [1.82, 2.24) is 19.3 Å². The van der Waals surface area contributed by atoms with Crippen molar-refractivity contribution < 1.29 is 27.8 Å². The van der Waals surface area contributed by atoms with Crippen LogP contribution in [-0.4, -0.2) is 35.7 Å². The van der Waals surface area contributed by atoms with Gasteiger partial charge in [0.2, 0.25) is 5.88 Å². The minimum absolute atomic E-state index is 0.190. The molecule has 0 atom stereocenters. The molecule has 1 aromatic carbocycles. The lowest BCUT2D eigenvalue weighted by Crippen LogP contribution is -2.17. The summed E-state index contributed by atoms with van der Waals surface area (Å²) in [5.74, 6) is -1.46. The molecular formula is C19H14F4N4O2. The molecule has 0 spiro atoms. The minimum Gasteiger partial charge on any atom is -0.505 e. The number of alkyl halides is 3. The third-order valence-electron chi connectivity index (χ3n) is 4.43. The maximum absolute atomic E-state index is 13.3. The fourth-order valence-electron chi connectivity index (χ4n) is 3.15. The maximum Gasteiger partial charge on any atom is 0.408 e. The van der Waals surface area contributed by atoms with Gasteiger partial charge in [-0.2, -0.15) is 18.3 Å². The Kier molecular flexibility index (Phi) is 4.21. The number of pyridine rings is 1. The molecule has 0 aliphatic heterocycles. The van der Waals surface area contributed by atoms with Crippen molar-refractivity contribution in [2.45, 2.75) is 19.6 Å². The molecule has 4 aromatic rings. The fraction of sp³-hybridized carbons (Fsp3) is 0.158. The largest absolute Gasteiger partial charge is 0.505 e. The van der Waals surface area contributed by atoms with Crippen molar-refractivity contribution in [3.8, 4) is 28.6 Å². The van der Waals surface area contributed by atoms with Crippen LogP contribution in [0.4, 0.5) is 17.6 Å². The molecule has 4 rings (SSSR count). The van der Waals surface area contributed by atoms with Gasteiger partial charge in [-0.05, 0) is 36.8 Å². The minimum atomic E-state index is -4.42. The van der Waals surface area contributed by atoms with E-state index in [2.05, 4.69) is 10.1 Å². The molecule has 0 bridgehead atoms. The summed E-state index contributed by atoms with van der Waals surface area (Å²) in [5, 5.41) is 24.3. The standard InChI is InChI=1S/C19H14F4N4O2/c1-10-4-14(11-2-3-13(20)16(28)5-11)25-15-8-27(18(29)17(10)15)12-6-24-26(7-12)9-19(21,22)23/h2-8,28-29H,9H2,1H3. The van der Waals surface area contributed by atoms with Crippen molar-refractivity contribution in [1.29, 1.82) is 0 Å². The molecule has 0 radical (unpaired) electrons. The molecule has 6 nitrogen and oxygen atoms in total. The normalized spacial score (nSPS) is 12.0. The summed E-state index contributed by atoms with van der Waals surface area (Å²) in [6.07, 6.45) is -0.571. The number of phenols is 1. The third kappa shape index (κ3) is 3.48. The number of aromatic nitrogens is 4. The Morgan fingerprint density at radius 2 is 1.86 bits per heavy atom. The molecule has 3 heterocycles. The van der Waals surface area contributed by atoms with E-state index < -0.39 is 24.3 Å². The highest BCUT2D eigenvalue weighted by Crippen LogP contribution is 2.34. The topological polar surface area (TPSA) is 76.1 Å². The molecule has 150 valence electrons. The van der Waals surface area contributed by atoms with Crippen LogP contribution in [0.15, 0.2) is 42.9 Å². The molecule has 0 amide bonds. The fourth-order valence-corrected chi connectivity index (χ4v) is 3.15. The molecule has 0 saturated carbocycles.